The van der Waals surface area contributed by atoms with Crippen LogP contribution < -0.4 is 10.2 Å². The molecule has 1 aliphatic rings. The Bertz CT molecular complexity index is 1230. The average Bonchev–Trinajstić information content (AvgIpc) is 3.21. The van der Waals surface area contributed by atoms with Gasteiger partial charge in [-0.2, -0.15) is 0 Å². The van der Waals surface area contributed by atoms with Crippen molar-refractivity contribution in [1.82, 2.24) is 19.8 Å². The van der Waals surface area contributed by atoms with Crippen LogP contribution in [0.15, 0.2) is 48.5 Å². The number of rotatable bonds is 9. The first-order valence-corrected chi connectivity index (χ1v) is 13.2. The van der Waals surface area contributed by atoms with Crippen LogP contribution in [-0.2, 0) is 6.42 Å². The fourth-order valence-corrected chi connectivity index (χ4v) is 5.06. The van der Waals surface area contributed by atoms with E-state index in [4.69, 9.17) is 23.2 Å². The second-order valence-electron chi connectivity index (χ2n) is 9.26. The lowest BCUT2D eigenvalue weighted by Crippen LogP contribution is -2.52. The van der Waals surface area contributed by atoms with E-state index in [-0.39, 0.29) is 5.69 Å². The normalized spacial score (nSPS) is 14.7. The molecule has 1 aliphatic heterocycles. The van der Waals surface area contributed by atoms with Crippen molar-refractivity contribution in [3.05, 3.63) is 75.8 Å². The zero-order valence-corrected chi connectivity index (χ0v) is 22.5. The summed E-state index contributed by atoms with van der Waals surface area (Å²) in [4.78, 5) is 21.2. The summed E-state index contributed by atoms with van der Waals surface area (Å²) in [6.45, 7) is 4.63. The van der Waals surface area contributed by atoms with Gasteiger partial charge in [0.15, 0.2) is 0 Å². The highest BCUT2D eigenvalue weighted by Gasteiger charge is 2.34. The number of halogens is 4. The van der Waals surface area contributed by atoms with Gasteiger partial charge in [-0.3, -0.25) is 9.69 Å². The van der Waals surface area contributed by atoms with Crippen LogP contribution in [0.4, 0.5) is 14.5 Å². The Morgan fingerprint density at radius 3 is 2.43 bits per heavy atom. The predicted molar refractivity (Wildman–Crippen MR) is 145 cm³/mol. The highest BCUT2D eigenvalue weighted by molar-refractivity contribution is 6.43. The molecule has 0 atom stereocenters. The molecule has 0 spiro atoms. The molecule has 1 fully saturated rings. The van der Waals surface area contributed by atoms with Crippen LogP contribution in [0.25, 0.3) is 5.69 Å². The van der Waals surface area contributed by atoms with Crippen molar-refractivity contribution < 1.29 is 13.6 Å². The van der Waals surface area contributed by atoms with Gasteiger partial charge in [-0.05, 0) is 37.6 Å². The smallest absolute Gasteiger partial charge is 0.277 e. The molecule has 3 aromatic rings. The second-order valence-corrected chi connectivity index (χ2v) is 10.0. The molecule has 0 bridgehead atoms. The van der Waals surface area contributed by atoms with E-state index in [2.05, 4.69) is 10.3 Å². The second kappa shape index (κ2) is 11.8. The summed E-state index contributed by atoms with van der Waals surface area (Å²) in [7, 11) is 0. The zero-order valence-electron chi connectivity index (χ0n) is 21.0. The van der Waals surface area contributed by atoms with Gasteiger partial charge >= 0.3 is 0 Å². The molecule has 37 heavy (non-hydrogen) atoms. The number of carbonyl (C=O) groups is 1. The molecular weight excluding hydrogens is 519 g/mol. The number of anilines is 1. The number of nitrogens with zero attached hydrogens (tertiary/aromatic N) is 4. The summed E-state index contributed by atoms with van der Waals surface area (Å²) in [6.07, 6.45) is 1.52. The van der Waals surface area contributed by atoms with Crippen LogP contribution >= 0.6 is 23.2 Å². The van der Waals surface area contributed by atoms with Crippen molar-refractivity contribution in [2.45, 2.75) is 32.6 Å². The number of imidazole rings is 1. The molecule has 0 unspecified atom stereocenters. The van der Waals surface area contributed by atoms with Crippen molar-refractivity contribution in [3.8, 4) is 5.69 Å². The van der Waals surface area contributed by atoms with Crippen molar-refractivity contribution in [2.24, 2.45) is 0 Å². The van der Waals surface area contributed by atoms with Crippen molar-refractivity contribution in [2.75, 3.05) is 44.2 Å². The quantitative estimate of drug-likeness (QED) is 0.376. The Morgan fingerprint density at radius 2 is 1.76 bits per heavy atom. The SMILES string of the molecule is CCCc1nc(C(=O)NCC(F)(F)CN2CCN(c3cccc(Cl)c3Cl)CC2)c(C)n1-c1ccccc1. The summed E-state index contributed by atoms with van der Waals surface area (Å²) in [6, 6.07) is 15.0. The number of alkyl halides is 2. The van der Waals surface area contributed by atoms with E-state index in [0.717, 1.165) is 23.6 Å². The first-order valence-electron chi connectivity index (χ1n) is 12.4. The first-order chi connectivity index (χ1) is 17.7. The van der Waals surface area contributed by atoms with E-state index in [0.29, 0.717) is 48.3 Å². The molecule has 2 heterocycles. The van der Waals surface area contributed by atoms with E-state index in [1.807, 2.05) is 58.9 Å². The molecule has 10 heteroatoms. The summed E-state index contributed by atoms with van der Waals surface area (Å²) >= 11 is 12.4. The number of hydrogen-bond acceptors (Lipinski definition) is 4. The molecule has 0 saturated carbocycles. The monoisotopic (exact) mass is 549 g/mol. The number of para-hydroxylation sites is 1. The lowest BCUT2D eigenvalue weighted by Gasteiger charge is -2.37. The Balaban J connectivity index is 1.36. The summed E-state index contributed by atoms with van der Waals surface area (Å²) in [5, 5.41) is 3.36. The molecule has 1 amide bonds. The molecule has 0 aliphatic carbocycles. The van der Waals surface area contributed by atoms with E-state index >= 15 is 0 Å². The molecule has 2 aromatic carbocycles. The Hall–Kier alpha value is -2.68. The van der Waals surface area contributed by atoms with Crippen LogP contribution in [0.3, 0.4) is 0 Å². The summed E-state index contributed by atoms with van der Waals surface area (Å²) < 4.78 is 31.6. The van der Waals surface area contributed by atoms with Gasteiger partial charge < -0.3 is 14.8 Å². The summed E-state index contributed by atoms with van der Waals surface area (Å²) in [5.41, 5.74) is 2.50. The van der Waals surface area contributed by atoms with Gasteiger partial charge in [0.05, 0.1) is 34.5 Å². The molecule has 0 radical (unpaired) electrons. The molecule has 1 saturated heterocycles. The predicted octanol–water partition coefficient (Wildman–Crippen LogP) is 5.63. The standard InChI is InChI=1S/C27H31Cl2F2N5O/c1-3-8-23-33-25(19(2)36(23)20-9-5-4-6-10-20)26(37)32-17-27(30,31)18-34-13-15-35(16-14-34)22-12-7-11-21(28)24(22)29/h4-7,9-12H,3,8,13-18H2,1-2H3,(H,32,37). The third-order valence-corrected chi connectivity index (χ3v) is 7.30. The number of aryl methyl sites for hydroxylation is 1. The number of amides is 1. The minimum absolute atomic E-state index is 0.176. The minimum Gasteiger partial charge on any atom is -0.368 e. The third kappa shape index (κ3) is 6.43. The van der Waals surface area contributed by atoms with Gasteiger partial charge in [0, 0.05) is 38.3 Å². The van der Waals surface area contributed by atoms with Crippen LogP contribution in [0.1, 0.15) is 35.4 Å². The molecule has 1 aromatic heterocycles. The molecular formula is C27H31Cl2F2N5O. The maximum Gasteiger partial charge on any atom is 0.277 e. The van der Waals surface area contributed by atoms with Crippen molar-refractivity contribution >= 4 is 34.8 Å². The van der Waals surface area contributed by atoms with Gasteiger partial charge in [-0.15, -0.1) is 0 Å². The average molecular weight is 550 g/mol. The number of carbonyl (C=O) groups excluding carboxylic acids is 1. The fraction of sp³-hybridized carbons (Fsp3) is 0.407. The number of hydrogen-bond donors (Lipinski definition) is 1. The number of aromatic nitrogens is 2. The number of nitrogens with one attached hydrogen (secondary N) is 1. The largest absolute Gasteiger partial charge is 0.368 e. The van der Waals surface area contributed by atoms with Gasteiger partial charge in [0.2, 0.25) is 0 Å². The highest BCUT2D eigenvalue weighted by Crippen LogP contribution is 2.33. The maximum atomic E-state index is 14.9. The van der Waals surface area contributed by atoms with E-state index in [9.17, 15) is 13.6 Å². The number of piperazine rings is 1. The number of benzene rings is 2. The Kier molecular flexibility index (Phi) is 8.72. The molecule has 6 nitrogen and oxygen atoms in total. The molecule has 4 rings (SSSR count). The summed E-state index contributed by atoms with van der Waals surface area (Å²) in [5.74, 6) is -2.95. The van der Waals surface area contributed by atoms with Crippen LogP contribution in [0.5, 0.6) is 0 Å². The van der Waals surface area contributed by atoms with Crippen LogP contribution in [-0.4, -0.2) is 65.5 Å². The first kappa shape index (κ1) is 27.4. The maximum absolute atomic E-state index is 14.9. The zero-order chi connectivity index (χ0) is 26.6. The van der Waals surface area contributed by atoms with E-state index in [1.165, 1.54) is 0 Å². The molecule has 198 valence electrons. The van der Waals surface area contributed by atoms with Gasteiger partial charge in [0.25, 0.3) is 11.8 Å². The minimum atomic E-state index is -3.09. The van der Waals surface area contributed by atoms with Crippen LogP contribution in [0.2, 0.25) is 10.0 Å². The fourth-order valence-electron chi connectivity index (χ4n) is 4.65. The van der Waals surface area contributed by atoms with Crippen molar-refractivity contribution in [1.29, 1.82) is 0 Å². The van der Waals surface area contributed by atoms with E-state index < -0.39 is 24.9 Å². The van der Waals surface area contributed by atoms with Gasteiger partial charge in [-0.25, -0.2) is 13.8 Å². The van der Waals surface area contributed by atoms with Gasteiger partial charge in [-0.1, -0.05) is 54.4 Å². The Labute approximate surface area is 226 Å². The van der Waals surface area contributed by atoms with Gasteiger partial charge in [0.1, 0.15) is 11.5 Å². The highest BCUT2D eigenvalue weighted by atomic mass is 35.5. The van der Waals surface area contributed by atoms with Crippen LogP contribution in [0, 0.1) is 6.92 Å². The topological polar surface area (TPSA) is 53.4 Å². The third-order valence-electron chi connectivity index (χ3n) is 6.49. The lowest BCUT2D eigenvalue weighted by molar-refractivity contribution is -0.0304. The Morgan fingerprint density at radius 1 is 1.05 bits per heavy atom. The van der Waals surface area contributed by atoms with Crippen molar-refractivity contribution in [3.63, 3.8) is 0 Å². The molecule has 1 N–H and O–H groups in total. The lowest BCUT2D eigenvalue weighted by atomic mass is 10.2. The van der Waals surface area contributed by atoms with E-state index in [1.54, 1.807) is 17.9 Å².